The zero-order valence-corrected chi connectivity index (χ0v) is 21.4. The van der Waals surface area contributed by atoms with Gasteiger partial charge in [0.2, 0.25) is 0 Å². The van der Waals surface area contributed by atoms with Gasteiger partial charge in [0, 0.05) is 38.6 Å². The fraction of sp³-hybridized carbons (Fsp3) is 0.118. The Morgan fingerprint density at radius 1 is 0.595 bits per heavy atom. The third-order valence-electron chi connectivity index (χ3n) is 8.74. The molecule has 0 aliphatic carbocycles. The van der Waals surface area contributed by atoms with Crippen LogP contribution in [0.1, 0.15) is 30.5 Å². The lowest BCUT2D eigenvalue weighted by Crippen LogP contribution is -2.56. The number of aromatic nitrogens is 1. The van der Waals surface area contributed by atoms with Gasteiger partial charge in [-0.3, -0.25) is 0 Å². The van der Waals surface area contributed by atoms with Crippen LogP contribution in [-0.4, -0.2) is 11.3 Å². The first kappa shape index (κ1) is 20.9. The third-order valence-corrected chi connectivity index (χ3v) is 8.74. The van der Waals surface area contributed by atoms with Crippen molar-refractivity contribution in [1.29, 1.82) is 0 Å². The summed E-state index contributed by atoms with van der Waals surface area (Å²) >= 11 is 0. The monoisotopic (exact) mass is 474 g/mol. The molecule has 2 aliphatic rings. The molecule has 0 spiro atoms. The quantitative estimate of drug-likeness (QED) is 0.229. The number of fused-ring (bicyclic) bond motifs is 7. The summed E-state index contributed by atoms with van der Waals surface area (Å²) in [4.78, 5) is 2.53. The molecule has 0 amide bonds. The van der Waals surface area contributed by atoms with Gasteiger partial charge in [-0.05, 0) is 52.7 Å². The Morgan fingerprint density at radius 2 is 1.24 bits per heavy atom. The largest absolute Gasteiger partial charge is 0.376 e. The zero-order valence-electron chi connectivity index (χ0n) is 21.4. The lowest BCUT2D eigenvalue weighted by molar-refractivity contribution is 0.632. The fourth-order valence-corrected chi connectivity index (χ4v) is 7.11. The average molecular weight is 474 g/mol. The molecule has 6 aromatic rings. The maximum Gasteiger partial charge on any atom is 0.332 e. The first-order chi connectivity index (χ1) is 18.1. The maximum absolute atomic E-state index is 2.61. The minimum Gasteiger partial charge on any atom is -0.376 e. The zero-order chi connectivity index (χ0) is 24.9. The second kappa shape index (κ2) is 7.17. The molecule has 8 rings (SSSR count). The number of aryl methyl sites for hydroxylation is 1. The van der Waals surface area contributed by atoms with Crippen molar-refractivity contribution in [2.45, 2.75) is 26.2 Å². The Bertz CT molecular complexity index is 1890. The Balaban J connectivity index is 1.55. The molecule has 2 aliphatic heterocycles. The summed E-state index contributed by atoms with van der Waals surface area (Å²) in [5, 5.41) is 2.64. The van der Waals surface area contributed by atoms with Gasteiger partial charge in [-0.1, -0.05) is 105 Å². The van der Waals surface area contributed by atoms with Crippen molar-refractivity contribution in [2.75, 3.05) is 4.90 Å². The van der Waals surface area contributed by atoms with Gasteiger partial charge in [-0.2, -0.15) is 0 Å². The molecule has 0 saturated carbocycles. The van der Waals surface area contributed by atoms with Crippen LogP contribution in [0.4, 0.5) is 17.1 Å². The molecule has 3 heterocycles. The first-order valence-corrected chi connectivity index (χ1v) is 13.2. The Labute approximate surface area is 217 Å². The van der Waals surface area contributed by atoms with Gasteiger partial charge < -0.3 is 9.38 Å². The Kier molecular flexibility index (Phi) is 4.05. The minimum absolute atomic E-state index is 0.0759. The molecule has 2 nitrogen and oxygen atoms in total. The first-order valence-electron chi connectivity index (χ1n) is 13.2. The molecule has 0 unspecified atom stereocenters. The van der Waals surface area contributed by atoms with Crippen molar-refractivity contribution >= 4 is 56.6 Å². The topological polar surface area (TPSA) is 8.17 Å². The molecule has 1 aromatic heterocycles. The van der Waals surface area contributed by atoms with Gasteiger partial charge in [0.25, 0.3) is 0 Å². The molecule has 176 valence electrons. The number of anilines is 3. The highest BCUT2D eigenvalue weighted by molar-refractivity contribution is 6.88. The van der Waals surface area contributed by atoms with Crippen molar-refractivity contribution in [3.05, 3.63) is 126 Å². The summed E-state index contributed by atoms with van der Waals surface area (Å²) in [6.45, 7) is 7.07. The molecule has 5 aromatic carbocycles. The molecule has 3 heteroatoms. The molecule has 0 radical (unpaired) electrons. The summed E-state index contributed by atoms with van der Waals surface area (Å²) in [5.74, 6) is 0. The number of benzene rings is 5. The standard InChI is InChI=1S/C34H27BN2/c1-22-12-10-14-24-23-13-4-7-19-29(23)37(32(22)24)35-27-17-6-9-21-31(27)36-30-20-8-5-15-25(30)34(2,3)26-16-11-18-28(35)33(26)36/h4-21H,1-3H3. The number of nitrogens with zero attached hydrogens (tertiary/aromatic N) is 2. The highest BCUT2D eigenvalue weighted by Gasteiger charge is 2.45. The predicted molar refractivity (Wildman–Crippen MR) is 158 cm³/mol. The summed E-state index contributed by atoms with van der Waals surface area (Å²) < 4.78 is 2.61. The summed E-state index contributed by atoms with van der Waals surface area (Å²) in [6, 6.07) is 40.5. The van der Waals surface area contributed by atoms with Crippen LogP contribution in [0.25, 0.3) is 21.8 Å². The van der Waals surface area contributed by atoms with Crippen LogP contribution >= 0.6 is 0 Å². The predicted octanol–water partition coefficient (Wildman–Crippen LogP) is 7.18. The normalized spacial score (nSPS) is 15.0. The van der Waals surface area contributed by atoms with E-state index in [4.69, 9.17) is 0 Å². The Morgan fingerprint density at radius 3 is 2.14 bits per heavy atom. The number of hydrogen-bond acceptors (Lipinski definition) is 1. The highest BCUT2D eigenvalue weighted by Crippen LogP contribution is 2.52. The molecular formula is C34H27BN2. The van der Waals surface area contributed by atoms with Gasteiger partial charge >= 0.3 is 6.85 Å². The van der Waals surface area contributed by atoms with Gasteiger partial charge in [0.1, 0.15) is 0 Å². The van der Waals surface area contributed by atoms with Crippen molar-refractivity contribution in [3.8, 4) is 0 Å². The molecule has 0 atom stereocenters. The molecular weight excluding hydrogens is 447 g/mol. The van der Waals surface area contributed by atoms with Crippen LogP contribution < -0.4 is 15.8 Å². The van der Waals surface area contributed by atoms with Gasteiger partial charge in [0.05, 0.1) is 5.69 Å². The van der Waals surface area contributed by atoms with Crippen molar-refractivity contribution in [3.63, 3.8) is 0 Å². The van der Waals surface area contributed by atoms with Gasteiger partial charge in [0.15, 0.2) is 0 Å². The van der Waals surface area contributed by atoms with Crippen molar-refractivity contribution in [1.82, 2.24) is 4.48 Å². The van der Waals surface area contributed by atoms with E-state index in [1.54, 1.807) is 0 Å². The van der Waals surface area contributed by atoms with Gasteiger partial charge in [-0.25, -0.2) is 0 Å². The van der Waals surface area contributed by atoms with Crippen LogP contribution in [0, 0.1) is 6.92 Å². The number of rotatable bonds is 1. The van der Waals surface area contributed by atoms with Crippen molar-refractivity contribution < 1.29 is 0 Å². The van der Waals surface area contributed by atoms with Crippen LogP contribution in [0.3, 0.4) is 0 Å². The van der Waals surface area contributed by atoms with E-state index in [9.17, 15) is 0 Å². The van der Waals surface area contributed by atoms with E-state index in [0.29, 0.717) is 0 Å². The number of hydrogen-bond donors (Lipinski definition) is 0. The van der Waals surface area contributed by atoms with Crippen molar-refractivity contribution in [2.24, 2.45) is 0 Å². The molecule has 0 fully saturated rings. The molecule has 37 heavy (non-hydrogen) atoms. The van der Waals surface area contributed by atoms with Gasteiger partial charge in [-0.15, -0.1) is 0 Å². The molecule has 0 bridgehead atoms. The van der Waals surface area contributed by atoms with Crippen LogP contribution in [0.15, 0.2) is 109 Å². The lowest BCUT2D eigenvalue weighted by atomic mass is 9.46. The van der Waals surface area contributed by atoms with E-state index >= 15 is 0 Å². The Hall–Kier alpha value is -4.24. The maximum atomic E-state index is 2.61. The van der Waals surface area contributed by atoms with E-state index in [1.165, 1.54) is 66.5 Å². The summed E-state index contributed by atoms with van der Waals surface area (Å²) in [7, 11) is 0. The summed E-state index contributed by atoms with van der Waals surface area (Å²) in [5.41, 5.74) is 13.2. The third kappa shape index (κ3) is 2.56. The average Bonchev–Trinajstić information content (AvgIpc) is 3.26. The van der Waals surface area contributed by atoms with E-state index < -0.39 is 0 Å². The highest BCUT2D eigenvalue weighted by atomic mass is 15.2. The minimum atomic E-state index is -0.0913. The SMILES string of the molecule is Cc1cccc2c3ccccc3n(B3c4ccccc4N4c5ccccc5C(C)(C)c5cccc3c54)c12. The second-order valence-electron chi connectivity index (χ2n) is 11.0. The number of para-hydroxylation sites is 5. The van der Waals surface area contributed by atoms with E-state index in [1.807, 2.05) is 0 Å². The van der Waals surface area contributed by atoms with Crippen LogP contribution in [0.2, 0.25) is 0 Å². The van der Waals surface area contributed by atoms with Crippen LogP contribution in [0.5, 0.6) is 0 Å². The summed E-state index contributed by atoms with van der Waals surface area (Å²) in [6.07, 6.45) is 0. The lowest BCUT2D eigenvalue weighted by Gasteiger charge is -2.47. The molecule has 0 saturated heterocycles. The van der Waals surface area contributed by atoms with Crippen LogP contribution in [-0.2, 0) is 5.41 Å². The van der Waals surface area contributed by atoms with E-state index in [2.05, 4.69) is 139 Å². The molecule has 0 N–H and O–H groups in total. The second-order valence-corrected chi connectivity index (χ2v) is 11.0. The van der Waals surface area contributed by atoms with E-state index in [-0.39, 0.29) is 12.3 Å². The van der Waals surface area contributed by atoms with E-state index in [0.717, 1.165) is 0 Å². The fourth-order valence-electron chi connectivity index (χ4n) is 7.11. The smallest absolute Gasteiger partial charge is 0.332 e.